The van der Waals surface area contributed by atoms with E-state index in [0.29, 0.717) is 37.5 Å². The molecule has 1 aliphatic carbocycles. The van der Waals surface area contributed by atoms with Gasteiger partial charge in [-0.05, 0) is 46.6 Å². The normalized spacial score (nSPS) is 17.7. The van der Waals surface area contributed by atoms with E-state index in [0.717, 1.165) is 12.8 Å². The third-order valence-electron chi connectivity index (χ3n) is 6.15. The Labute approximate surface area is 211 Å². The van der Waals surface area contributed by atoms with Gasteiger partial charge in [-0.25, -0.2) is 27.7 Å². The Morgan fingerprint density at radius 3 is 2.33 bits per heavy atom. The summed E-state index contributed by atoms with van der Waals surface area (Å²) in [6, 6.07) is 1.54. The zero-order valence-electron chi connectivity index (χ0n) is 21.7. The predicted octanol–water partition coefficient (Wildman–Crippen LogP) is 2.32. The van der Waals surface area contributed by atoms with Gasteiger partial charge in [-0.1, -0.05) is 0 Å². The van der Waals surface area contributed by atoms with E-state index in [9.17, 15) is 18.0 Å². The van der Waals surface area contributed by atoms with E-state index < -0.39 is 27.3 Å². The summed E-state index contributed by atoms with van der Waals surface area (Å²) in [5.74, 6) is 0.289. The van der Waals surface area contributed by atoms with Gasteiger partial charge in [0.25, 0.3) is 0 Å². The minimum absolute atomic E-state index is 0.0650. The van der Waals surface area contributed by atoms with Crippen molar-refractivity contribution in [3.05, 3.63) is 18.5 Å². The van der Waals surface area contributed by atoms with Crippen molar-refractivity contribution in [3.8, 4) is 0 Å². The number of rotatable bonds is 5. The number of imidazole rings is 1. The first-order chi connectivity index (χ1) is 16.7. The molecule has 1 saturated heterocycles. The van der Waals surface area contributed by atoms with Crippen LogP contribution in [0.15, 0.2) is 23.4 Å². The molecular weight excluding hydrogens is 486 g/mol. The first-order valence-corrected chi connectivity index (χ1v) is 13.4. The first-order valence-electron chi connectivity index (χ1n) is 11.9. The lowest BCUT2D eigenvalue weighted by Crippen LogP contribution is -2.51. The van der Waals surface area contributed by atoms with E-state index >= 15 is 0 Å². The Kier molecular flexibility index (Phi) is 6.58. The SMILES string of the molecule is CN(C)C(=O)N1CCN(c2cc(S(=O)(=O)NC3(C)CC3)cn3c(NC(=O)OC(C)(C)C)cnc23)CC1. The van der Waals surface area contributed by atoms with E-state index in [1.807, 2.05) is 11.8 Å². The molecule has 4 rings (SSSR count). The highest BCUT2D eigenvalue weighted by Gasteiger charge is 2.41. The maximum atomic E-state index is 13.3. The zero-order chi connectivity index (χ0) is 26.5. The lowest BCUT2D eigenvalue weighted by Gasteiger charge is -2.37. The van der Waals surface area contributed by atoms with Gasteiger partial charge in [0, 0.05) is 52.0 Å². The monoisotopic (exact) mass is 521 g/mol. The summed E-state index contributed by atoms with van der Waals surface area (Å²) < 4.78 is 36.3. The number of pyridine rings is 1. The zero-order valence-corrected chi connectivity index (χ0v) is 22.5. The highest BCUT2D eigenvalue weighted by atomic mass is 32.2. The van der Waals surface area contributed by atoms with Crippen LogP contribution in [0.3, 0.4) is 0 Å². The first kappa shape index (κ1) is 26.0. The van der Waals surface area contributed by atoms with E-state index in [-0.39, 0.29) is 16.7 Å². The number of hydrogen-bond acceptors (Lipinski definition) is 7. The molecule has 2 aromatic heterocycles. The topological polar surface area (TPSA) is 129 Å². The molecule has 2 aliphatic rings. The average Bonchev–Trinajstić information content (AvgIpc) is 3.35. The van der Waals surface area contributed by atoms with Gasteiger partial charge in [-0.15, -0.1) is 0 Å². The minimum Gasteiger partial charge on any atom is -0.444 e. The quantitative estimate of drug-likeness (QED) is 0.618. The fraction of sp³-hybridized carbons (Fsp3) is 0.609. The van der Waals surface area contributed by atoms with Crippen LogP contribution < -0.4 is 14.9 Å². The Hall–Kier alpha value is -3.06. The van der Waals surface area contributed by atoms with Gasteiger partial charge in [0.15, 0.2) is 5.65 Å². The highest BCUT2D eigenvalue weighted by molar-refractivity contribution is 7.89. The van der Waals surface area contributed by atoms with Crippen LogP contribution in [0.4, 0.5) is 21.1 Å². The second-order valence-corrected chi connectivity index (χ2v) is 12.5. The van der Waals surface area contributed by atoms with Crippen LogP contribution in [-0.4, -0.2) is 91.1 Å². The van der Waals surface area contributed by atoms with E-state index in [1.165, 1.54) is 17.3 Å². The molecule has 3 amide bonds. The third kappa shape index (κ3) is 5.67. The van der Waals surface area contributed by atoms with Crippen LogP contribution >= 0.6 is 0 Å². The molecule has 2 N–H and O–H groups in total. The number of amides is 3. The summed E-state index contributed by atoms with van der Waals surface area (Å²) in [6.45, 7) is 9.13. The number of hydrogen-bond donors (Lipinski definition) is 2. The summed E-state index contributed by atoms with van der Waals surface area (Å²) in [4.78, 5) is 34.6. The maximum Gasteiger partial charge on any atom is 0.413 e. The molecule has 0 atom stereocenters. The number of piperazine rings is 1. The third-order valence-corrected chi connectivity index (χ3v) is 7.76. The number of aromatic nitrogens is 2. The molecule has 36 heavy (non-hydrogen) atoms. The van der Waals surface area contributed by atoms with Crippen molar-refractivity contribution < 1.29 is 22.7 Å². The van der Waals surface area contributed by atoms with Gasteiger partial charge in [0.1, 0.15) is 16.3 Å². The van der Waals surface area contributed by atoms with Crippen molar-refractivity contribution in [2.45, 2.75) is 56.6 Å². The fourth-order valence-electron chi connectivity index (χ4n) is 4.02. The van der Waals surface area contributed by atoms with Gasteiger partial charge >= 0.3 is 12.1 Å². The summed E-state index contributed by atoms with van der Waals surface area (Å²) in [5, 5.41) is 2.67. The van der Waals surface area contributed by atoms with Crippen molar-refractivity contribution >= 4 is 39.3 Å². The van der Waals surface area contributed by atoms with Crippen LogP contribution in [-0.2, 0) is 14.8 Å². The Morgan fingerprint density at radius 1 is 1.14 bits per heavy atom. The summed E-state index contributed by atoms with van der Waals surface area (Å²) in [6.07, 6.45) is 3.82. The number of carbonyl (C=O) groups excluding carboxylic acids is 2. The number of urea groups is 1. The number of sulfonamides is 1. The largest absolute Gasteiger partial charge is 0.444 e. The summed E-state index contributed by atoms with van der Waals surface area (Å²) in [7, 11) is -0.412. The van der Waals surface area contributed by atoms with E-state index in [1.54, 1.807) is 50.2 Å². The van der Waals surface area contributed by atoms with Gasteiger partial charge < -0.3 is 19.4 Å². The second-order valence-electron chi connectivity index (χ2n) is 10.8. The number of nitrogens with one attached hydrogen (secondary N) is 2. The molecule has 0 radical (unpaired) electrons. The molecule has 2 fully saturated rings. The maximum absolute atomic E-state index is 13.3. The van der Waals surface area contributed by atoms with Crippen LogP contribution in [0.25, 0.3) is 5.65 Å². The number of ether oxygens (including phenoxy) is 1. The van der Waals surface area contributed by atoms with Crippen LogP contribution in [0.2, 0.25) is 0 Å². The Morgan fingerprint density at radius 2 is 1.78 bits per heavy atom. The van der Waals surface area contributed by atoms with Crippen molar-refractivity contribution in [3.63, 3.8) is 0 Å². The van der Waals surface area contributed by atoms with Crippen molar-refractivity contribution in [1.29, 1.82) is 0 Å². The summed E-state index contributed by atoms with van der Waals surface area (Å²) >= 11 is 0. The summed E-state index contributed by atoms with van der Waals surface area (Å²) in [5.41, 5.74) is -0.0473. The lowest BCUT2D eigenvalue weighted by atomic mass is 10.2. The van der Waals surface area contributed by atoms with Crippen molar-refractivity contribution in [2.24, 2.45) is 0 Å². The van der Waals surface area contributed by atoms with E-state index in [4.69, 9.17) is 4.74 Å². The average molecular weight is 522 g/mol. The van der Waals surface area contributed by atoms with Crippen molar-refractivity contribution in [2.75, 3.05) is 50.5 Å². The van der Waals surface area contributed by atoms with Gasteiger partial charge in [0.2, 0.25) is 10.0 Å². The Bertz CT molecular complexity index is 1270. The van der Waals surface area contributed by atoms with Crippen LogP contribution in [0.5, 0.6) is 0 Å². The molecule has 3 heterocycles. The minimum atomic E-state index is -3.84. The molecule has 0 aromatic carbocycles. The fourth-order valence-corrected chi connectivity index (χ4v) is 5.50. The molecule has 12 nitrogen and oxygen atoms in total. The standard InChI is InChI=1S/C23H35N7O5S/c1-22(2,3)35-20(31)25-18-14-24-19-17(28-9-11-29(12-10-28)21(32)27(5)6)13-16(15-30(18)19)36(33,34)26-23(4)7-8-23/h13-15,26H,7-12H2,1-6H3,(H,25,31). The molecular formula is C23H35N7O5S. The van der Waals surface area contributed by atoms with Gasteiger partial charge in [-0.2, -0.15) is 0 Å². The molecule has 13 heteroatoms. The molecule has 1 aliphatic heterocycles. The van der Waals surface area contributed by atoms with Crippen molar-refractivity contribution in [1.82, 2.24) is 23.9 Å². The predicted molar refractivity (Wildman–Crippen MR) is 136 cm³/mol. The number of nitrogens with zero attached hydrogens (tertiary/aromatic N) is 5. The highest BCUT2D eigenvalue weighted by Crippen LogP contribution is 2.37. The Balaban J connectivity index is 1.70. The van der Waals surface area contributed by atoms with Crippen LogP contribution in [0, 0.1) is 0 Å². The lowest BCUT2D eigenvalue weighted by molar-refractivity contribution is 0.0635. The smallest absolute Gasteiger partial charge is 0.413 e. The number of anilines is 2. The van der Waals surface area contributed by atoms with E-state index in [2.05, 4.69) is 15.0 Å². The second kappa shape index (κ2) is 9.11. The molecule has 198 valence electrons. The number of fused-ring (bicyclic) bond motifs is 1. The molecule has 0 unspecified atom stereocenters. The number of carbonyl (C=O) groups is 2. The van der Waals surface area contributed by atoms with Crippen LogP contribution in [0.1, 0.15) is 40.5 Å². The molecule has 2 aromatic rings. The molecule has 0 bridgehead atoms. The molecule has 1 saturated carbocycles. The van der Waals surface area contributed by atoms with Gasteiger partial charge in [-0.3, -0.25) is 9.72 Å². The molecule has 0 spiro atoms. The van der Waals surface area contributed by atoms with Gasteiger partial charge in [0.05, 0.1) is 11.9 Å².